The predicted molar refractivity (Wildman–Crippen MR) is 89.8 cm³/mol. The van der Waals surface area contributed by atoms with Gasteiger partial charge in [-0.05, 0) is 32.9 Å². The van der Waals surface area contributed by atoms with Gasteiger partial charge in [-0.25, -0.2) is 4.98 Å². The van der Waals surface area contributed by atoms with Crippen LogP contribution < -0.4 is 10.2 Å². The maximum Gasteiger partial charge on any atom is 0.128 e. The minimum atomic E-state index is 0.266. The number of pyridine rings is 1. The van der Waals surface area contributed by atoms with Crippen molar-refractivity contribution in [2.24, 2.45) is 0 Å². The monoisotopic (exact) mass is 290 g/mol. The predicted octanol–water partition coefficient (Wildman–Crippen LogP) is 2.50. The van der Waals surface area contributed by atoms with Gasteiger partial charge in [-0.15, -0.1) is 0 Å². The van der Waals surface area contributed by atoms with Crippen molar-refractivity contribution in [1.29, 1.82) is 0 Å². The smallest absolute Gasteiger partial charge is 0.128 e. The van der Waals surface area contributed by atoms with Crippen molar-refractivity contribution in [3.8, 4) is 0 Å². The van der Waals surface area contributed by atoms with Crippen LogP contribution in [0.5, 0.6) is 0 Å². The summed E-state index contributed by atoms with van der Waals surface area (Å²) in [7, 11) is 0. The van der Waals surface area contributed by atoms with Crippen LogP contribution in [0.1, 0.15) is 40.3 Å². The van der Waals surface area contributed by atoms with Gasteiger partial charge in [0.1, 0.15) is 5.82 Å². The van der Waals surface area contributed by atoms with E-state index in [9.17, 15) is 0 Å². The molecule has 0 radical (unpaired) electrons. The Bertz CT molecular complexity index is 442. The lowest BCUT2D eigenvalue weighted by Crippen LogP contribution is -2.53. The second kappa shape index (κ2) is 6.75. The molecule has 1 N–H and O–H groups in total. The molecule has 1 saturated heterocycles. The third-order valence-electron chi connectivity index (χ3n) is 4.04. The van der Waals surface area contributed by atoms with Gasteiger partial charge in [-0.2, -0.15) is 0 Å². The minimum Gasteiger partial charge on any atom is -0.354 e. The summed E-state index contributed by atoms with van der Waals surface area (Å²) in [5.41, 5.74) is 1.39. The van der Waals surface area contributed by atoms with Gasteiger partial charge in [-0.1, -0.05) is 19.9 Å². The highest BCUT2D eigenvalue weighted by Gasteiger charge is 2.26. The number of anilines is 1. The van der Waals surface area contributed by atoms with Crippen LogP contribution in [0.25, 0.3) is 0 Å². The van der Waals surface area contributed by atoms with E-state index in [-0.39, 0.29) is 5.54 Å². The maximum atomic E-state index is 4.80. The lowest BCUT2D eigenvalue weighted by atomic mass is 10.1. The van der Waals surface area contributed by atoms with Crippen LogP contribution in [0.4, 0.5) is 5.82 Å². The van der Waals surface area contributed by atoms with E-state index in [1.54, 1.807) is 0 Å². The van der Waals surface area contributed by atoms with Gasteiger partial charge < -0.3 is 10.2 Å². The number of piperazine rings is 1. The average Bonchev–Trinajstić information content (AvgIpc) is 2.45. The van der Waals surface area contributed by atoms with Crippen LogP contribution >= 0.6 is 0 Å². The minimum absolute atomic E-state index is 0.266. The van der Waals surface area contributed by atoms with E-state index < -0.39 is 0 Å². The van der Waals surface area contributed by atoms with Gasteiger partial charge in [0.05, 0.1) is 5.69 Å². The summed E-state index contributed by atoms with van der Waals surface area (Å²) in [5.74, 6) is 1.12. The molecular weight excluding hydrogens is 260 g/mol. The molecule has 118 valence electrons. The fourth-order valence-corrected chi connectivity index (χ4v) is 2.66. The molecule has 1 fully saturated rings. The Balaban J connectivity index is 1.95. The Morgan fingerprint density at radius 2 is 1.81 bits per heavy atom. The van der Waals surface area contributed by atoms with Crippen LogP contribution in [-0.4, -0.2) is 47.6 Å². The van der Waals surface area contributed by atoms with E-state index >= 15 is 0 Å². The SMILES string of the molecule is CC(C)NCc1cccc(N2CCN(C(C)(C)C)CC2)n1. The number of nitrogens with one attached hydrogen (secondary N) is 1. The number of hydrogen-bond donors (Lipinski definition) is 1. The maximum absolute atomic E-state index is 4.80. The zero-order valence-electron chi connectivity index (χ0n) is 14.2. The summed E-state index contributed by atoms with van der Waals surface area (Å²) in [4.78, 5) is 9.75. The van der Waals surface area contributed by atoms with Crippen LogP contribution in [0.15, 0.2) is 18.2 Å². The molecule has 0 saturated carbocycles. The molecule has 0 amide bonds. The second-order valence-electron chi connectivity index (χ2n) is 7.17. The van der Waals surface area contributed by atoms with Crippen LogP contribution in [0, 0.1) is 0 Å². The van der Waals surface area contributed by atoms with Gasteiger partial charge in [0.2, 0.25) is 0 Å². The highest BCUT2D eigenvalue weighted by atomic mass is 15.3. The Morgan fingerprint density at radius 1 is 1.14 bits per heavy atom. The Kier molecular flexibility index (Phi) is 5.22. The summed E-state index contributed by atoms with van der Waals surface area (Å²) in [5, 5.41) is 3.43. The number of rotatable bonds is 4. The molecule has 0 aliphatic carbocycles. The molecule has 0 atom stereocenters. The summed E-state index contributed by atoms with van der Waals surface area (Å²) in [6.45, 7) is 16.4. The molecule has 4 heteroatoms. The van der Waals surface area contributed by atoms with E-state index in [1.807, 2.05) is 0 Å². The van der Waals surface area contributed by atoms with Crippen molar-refractivity contribution >= 4 is 5.82 Å². The molecule has 0 bridgehead atoms. The lowest BCUT2D eigenvalue weighted by Gasteiger charge is -2.42. The van der Waals surface area contributed by atoms with Crippen molar-refractivity contribution < 1.29 is 0 Å². The standard InChI is InChI=1S/C17H30N4/c1-14(2)18-13-15-7-6-8-16(19-15)20-9-11-21(12-10-20)17(3,4)5/h6-8,14,18H,9-13H2,1-5H3. The lowest BCUT2D eigenvalue weighted by molar-refractivity contribution is 0.128. The van der Waals surface area contributed by atoms with E-state index in [1.165, 1.54) is 0 Å². The van der Waals surface area contributed by atoms with Crippen molar-refractivity contribution in [1.82, 2.24) is 15.2 Å². The molecule has 1 aliphatic heterocycles. The third kappa shape index (κ3) is 4.68. The summed E-state index contributed by atoms with van der Waals surface area (Å²) < 4.78 is 0. The van der Waals surface area contributed by atoms with Crippen molar-refractivity contribution in [3.05, 3.63) is 23.9 Å². The molecule has 0 spiro atoms. The quantitative estimate of drug-likeness (QED) is 0.923. The van der Waals surface area contributed by atoms with Crippen molar-refractivity contribution in [2.75, 3.05) is 31.1 Å². The van der Waals surface area contributed by atoms with E-state index in [4.69, 9.17) is 4.98 Å². The fraction of sp³-hybridized carbons (Fsp3) is 0.706. The molecule has 1 aliphatic rings. The summed E-state index contributed by atoms with van der Waals surface area (Å²) in [6.07, 6.45) is 0. The molecule has 0 aromatic carbocycles. The van der Waals surface area contributed by atoms with Crippen molar-refractivity contribution in [3.63, 3.8) is 0 Å². The van der Waals surface area contributed by atoms with E-state index in [2.05, 4.69) is 67.9 Å². The first-order chi connectivity index (χ1) is 9.86. The molecule has 2 heterocycles. The van der Waals surface area contributed by atoms with Crippen LogP contribution in [0.3, 0.4) is 0 Å². The molecule has 0 unspecified atom stereocenters. The Labute approximate surface area is 129 Å². The van der Waals surface area contributed by atoms with Crippen LogP contribution in [-0.2, 0) is 6.54 Å². The van der Waals surface area contributed by atoms with Gasteiger partial charge in [0.15, 0.2) is 0 Å². The number of hydrogen-bond acceptors (Lipinski definition) is 4. The number of nitrogens with zero attached hydrogens (tertiary/aromatic N) is 3. The van der Waals surface area contributed by atoms with Gasteiger partial charge in [0, 0.05) is 44.3 Å². The molecule has 2 rings (SSSR count). The third-order valence-corrected chi connectivity index (χ3v) is 4.04. The first kappa shape index (κ1) is 16.2. The van der Waals surface area contributed by atoms with Crippen molar-refractivity contribution in [2.45, 2.75) is 52.7 Å². The zero-order chi connectivity index (χ0) is 15.5. The highest BCUT2D eigenvalue weighted by molar-refractivity contribution is 5.40. The molecule has 1 aromatic rings. The highest BCUT2D eigenvalue weighted by Crippen LogP contribution is 2.19. The van der Waals surface area contributed by atoms with E-state index in [0.717, 1.165) is 44.2 Å². The second-order valence-corrected chi connectivity index (χ2v) is 7.17. The Morgan fingerprint density at radius 3 is 2.38 bits per heavy atom. The first-order valence-electron chi connectivity index (χ1n) is 8.05. The van der Waals surface area contributed by atoms with Gasteiger partial charge >= 0.3 is 0 Å². The van der Waals surface area contributed by atoms with Gasteiger partial charge in [0.25, 0.3) is 0 Å². The molecule has 4 nitrogen and oxygen atoms in total. The largest absolute Gasteiger partial charge is 0.354 e. The van der Waals surface area contributed by atoms with Crippen LogP contribution in [0.2, 0.25) is 0 Å². The fourth-order valence-electron chi connectivity index (χ4n) is 2.66. The normalized spacial score (nSPS) is 17.5. The first-order valence-corrected chi connectivity index (χ1v) is 8.05. The van der Waals surface area contributed by atoms with E-state index in [0.29, 0.717) is 6.04 Å². The molecule has 1 aromatic heterocycles. The molecule has 21 heavy (non-hydrogen) atoms. The number of aromatic nitrogens is 1. The zero-order valence-corrected chi connectivity index (χ0v) is 14.2. The average molecular weight is 290 g/mol. The molecular formula is C17H30N4. The Hall–Kier alpha value is -1.13. The van der Waals surface area contributed by atoms with Gasteiger partial charge in [-0.3, -0.25) is 4.90 Å². The topological polar surface area (TPSA) is 31.4 Å². The summed E-state index contributed by atoms with van der Waals surface area (Å²) in [6, 6.07) is 6.84. The summed E-state index contributed by atoms with van der Waals surface area (Å²) >= 11 is 0.